The predicted molar refractivity (Wildman–Crippen MR) is 87.0 cm³/mol. The van der Waals surface area contributed by atoms with Gasteiger partial charge in [0.2, 0.25) is 5.91 Å². The lowest BCUT2D eigenvalue weighted by atomic mass is 9.85. The van der Waals surface area contributed by atoms with Crippen LogP contribution in [0.1, 0.15) is 30.4 Å². The predicted octanol–water partition coefficient (Wildman–Crippen LogP) is 3.58. The highest BCUT2D eigenvalue weighted by Crippen LogP contribution is 2.34. The molecular weight excluding hydrogens is 290 g/mol. The zero-order valence-corrected chi connectivity index (χ0v) is 13.0. The standard InChI is InChI=1S/C19H19NO3/c1-2-17(21)20-16(13-23-19(20)22)18(14-9-5-3-6-10-14)15-11-7-4-8-12-15/h3-12,16,18H,2,13H2,1H3/t16-/m0/s1. The highest BCUT2D eigenvalue weighted by atomic mass is 16.6. The molecule has 23 heavy (non-hydrogen) atoms. The molecule has 0 spiro atoms. The largest absolute Gasteiger partial charge is 0.447 e. The van der Waals surface area contributed by atoms with Crippen LogP contribution < -0.4 is 0 Å². The van der Waals surface area contributed by atoms with Crippen LogP contribution in [0.25, 0.3) is 0 Å². The first-order chi connectivity index (χ1) is 11.2. The molecule has 0 saturated carbocycles. The van der Waals surface area contributed by atoms with Crippen LogP contribution in [0.15, 0.2) is 60.7 Å². The molecule has 0 aliphatic carbocycles. The van der Waals surface area contributed by atoms with Crippen molar-refractivity contribution in [2.45, 2.75) is 25.3 Å². The molecule has 1 atom stereocenters. The molecule has 1 heterocycles. The quantitative estimate of drug-likeness (QED) is 0.867. The van der Waals surface area contributed by atoms with Crippen LogP contribution in [-0.2, 0) is 9.53 Å². The molecule has 0 radical (unpaired) electrons. The van der Waals surface area contributed by atoms with Gasteiger partial charge in [0.15, 0.2) is 0 Å². The number of imide groups is 1. The maximum absolute atomic E-state index is 12.2. The maximum Gasteiger partial charge on any atom is 0.417 e. The second kappa shape index (κ2) is 6.65. The highest BCUT2D eigenvalue weighted by molar-refractivity contribution is 5.93. The van der Waals surface area contributed by atoms with Gasteiger partial charge in [-0.05, 0) is 11.1 Å². The Bertz CT molecular complexity index is 645. The molecule has 0 N–H and O–H groups in total. The summed E-state index contributed by atoms with van der Waals surface area (Å²) in [6.07, 6.45) is -0.263. The van der Waals surface area contributed by atoms with E-state index in [1.807, 2.05) is 60.7 Å². The number of nitrogens with zero attached hydrogens (tertiary/aromatic N) is 1. The summed E-state index contributed by atoms with van der Waals surface area (Å²) < 4.78 is 5.19. The lowest BCUT2D eigenvalue weighted by molar-refractivity contribution is -0.129. The van der Waals surface area contributed by atoms with Gasteiger partial charge in [-0.2, -0.15) is 0 Å². The van der Waals surface area contributed by atoms with E-state index >= 15 is 0 Å². The molecule has 1 fully saturated rings. The summed E-state index contributed by atoms with van der Waals surface area (Å²) in [6, 6.07) is 19.6. The van der Waals surface area contributed by atoms with Crippen LogP contribution in [0, 0.1) is 0 Å². The SMILES string of the molecule is CCC(=O)N1C(=O)OC[C@H]1C(c1ccccc1)c1ccccc1. The monoisotopic (exact) mass is 309 g/mol. The number of ether oxygens (including phenoxy) is 1. The molecular formula is C19H19NO3. The Morgan fingerprint density at radius 3 is 2.09 bits per heavy atom. The van der Waals surface area contributed by atoms with Gasteiger partial charge >= 0.3 is 6.09 Å². The van der Waals surface area contributed by atoms with Crippen LogP contribution >= 0.6 is 0 Å². The second-order valence-corrected chi connectivity index (χ2v) is 5.56. The lowest BCUT2D eigenvalue weighted by Gasteiger charge is -2.28. The Morgan fingerprint density at radius 2 is 1.61 bits per heavy atom. The molecule has 2 aromatic carbocycles. The molecule has 1 aliphatic heterocycles. The fraction of sp³-hybridized carbons (Fsp3) is 0.263. The molecule has 118 valence electrons. The van der Waals surface area contributed by atoms with Gasteiger partial charge in [0.05, 0.1) is 6.04 Å². The fourth-order valence-corrected chi connectivity index (χ4v) is 3.10. The van der Waals surface area contributed by atoms with Crippen LogP contribution in [0.2, 0.25) is 0 Å². The third kappa shape index (κ3) is 2.97. The van der Waals surface area contributed by atoms with Crippen molar-refractivity contribution >= 4 is 12.0 Å². The molecule has 1 saturated heterocycles. The Kier molecular flexibility index (Phi) is 4.42. The normalized spacial score (nSPS) is 17.4. The number of hydrogen-bond acceptors (Lipinski definition) is 3. The highest BCUT2D eigenvalue weighted by Gasteiger charge is 2.42. The molecule has 2 amide bonds. The first-order valence-corrected chi connectivity index (χ1v) is 7.81. The minimum absolute atomic E-state index is 0.0978. The Labute approximate surface area is 135 Å². The van der Waals surface area contributed by atoms with Crippen molar-refractivity contribution < 1.29 is 14.3 Å². The summed E-state index contributed by atoms with van der Waals surface area (Å²) in [5.41, 5.74) is 2.13. The van der Waals surface area contributed by atoms with E-state index in [-0.39, 0.29) is 30.9 Å². The molecule has 1 aliphatic rings. The van der Waals surface area contributed by atoms with Gasteiger partial charge in [-0.15, -0.1) is 0 Å². The van der Waals surface area contributed by atoms with E-state index in [2.05, 4.69) is 0 Å². The number of carbonyl (C=O) groups is 2. The van der Waals surface area contributed by atoms with Crippen molar-refractivity contribution in [2.24, 2.45) is 0 Å². The molecule has 3 rings (SSSR count). The number of cyclic esters (lactones) is 1. The number of hydrogen-bond donors (Lipinski definition) is 0. The minimum atomic E-state index is -0.543. The molecule has 2 aromatic rings. The summed E-state index contributed by atoms with van der Waals surface area (Å²) in [6.45, 7) is 1.98. The topological polar surface area (TPSA) is 46.6 Å². The molecule has 4 nitrogen and oxygen atoms in total. The van der Waals surface area contributed by atoms with Crippen molar-refractivity contribution in [3.05, 3.63) is 71.8 Å². The van der Waals surface area contributed by atoms with Gasteiger partial charge in [-0.1, -0.05) is 67.6 Å². The number of amides is 2. The number of carbonyl (C=O) groups excluding carboxylic acids is 2. The van der Waals surface area contributed by atoms with E-state index in [1.54, 1.807) is 6.92 Å². The zero-order valence-electron chi connectivity index (χ0n) is 13.0. The van der Waals surface area contributed by atoms with Crippen molar-refractivity contribution in [1.82, 2.24) is 4.90 Å². The summed E-state index contributed by atoms with van der Waals surface area (Å²) >= 11 is 0. The van der Waals surface area contributed by atoms with E-state index in [9.17, 15) is 9.59 Å². The van der Waals surface area contributed by atoms with Gasteiger partial charge in [-0.25, -0.2) is 9.69 Å². The molecule has 0 bridgehead atoms. The molecule has 0 aromatic heterocycles. The molecule has 4 heteroatoms. The Hall–Kier alpha value is -2.62. The third-order valence-corrected chi connectivity index (χ3v) is 4.18. The van der Waals surface area contributed by atoms with E-state index < -0.39 is 6.09 Å². The van der Waals surface area contributed by atoms with E-state index in [0.717, 1.165) is 11.1 Å². The van der Waals surface area contributed by atoms with Gasteiger partial charge in [-0.3, -0.25) is 4.79 Å². The van der Waals surface area contributed by atoms with Crippen LogP contribution in [0.5, 0.6) is 0 Å². The Balaban J connectivity index is 2.05. The van der Waals surface area contributed by atoms with E-state index in [0.29, 0.717) is 0 Å². The van der Waals surface area contributed by atoms with E-state index in [1.165, 1.54) is 4.90 Å². The van der Waals surface area contributed by atoms with Crippen molar-refractivity contribution in [3.63, 3.8) is 0 Å². The van der Waals surface area contributed by atoms with Crippen LogP contribution in [0.4, 0.5) is 4.79 Å². The Morgan fingerprint density at radius 1 is 1.09 bits per heavy atom. The van der Waals surface area contributed by atoms with Gasteiger partial charge in [0.1, 0.15) is 6.61 Å². The van der Waals surface area contributed by atoms with Crippen molar-refractivity contribution in [3.8, 4) is 0 Å². The van der Waals surface area contributed by atoms with Crippen molar-refractivity contribution in [1.29, 1.82) is 0 Å². The lowest BCUT2D eigenvalue weighted by Crippen LogP contribution is -2.42. The van der Waals surface area contributed by atoms with Crippen LogP contribution in [-0.4, -0.2) is 29.5 Å². The number of rotatable bonds is 4. The van der Waals surface area contributed by atoms with Crippen LogP contribution in [0.3, 0.4) is 0 Å². The van der Waals surface area contributed by atoms with Gasteiger partial charge in [0.25, 0.3) is 0 Å². The maximum atomic E-state index is 12.2. The first kappa shape index (κ1) is 15.3. The van der Waals surface area contributed by atoms with Gasteiger partial charge < -0.3 is 4.74 Å². The smallest absolute Gasteiger partial charge is 0.417 e. The van der Waals surface area contributed by atoms with Gasteiger partial charge in [0, 0.05) is 12.3 Å². The first-order valence-electron chi connectivity index (χ1n) is 7.81. The summed E-state index contributed by atoms with van der Waals surface area (Å²) in [5.74, 6) is -0.297. The minimum Gasteiger partial charge on any atom is -0.447 e. The zero-order chi connectivity index (χ0) is 16.2. The summed E-state index contributed by atoms with van der Waals surface area (Å²) in [7, 11) is 0. The molecule has 0 unspecified atom stereocenters. The average molecular weight is 309 g/mol. The van der Waals surface area contributed by atoms with E-state index in [4.69, 9.17) is 4.74 Å². The third-order valence-electron chi connectivity index (χ3n) is 4.18. The summed E-state index contributed by atoms with van der Waals surface area (Å²) in [4.78, 5) is 25.5. The summed E-state index contributed by atoms with van der Waals surface area (Å²) in [5, 5.41) is 0. The average Bonchev–Trinajstić information content (AvgIpc) is 2.98. The number of benzene rings is 2. The fourth-order valence-electron chi connectivity index (χ4n) is 3.10. The van der Waals surface area contributed by atoms with Crippen molar-refractivity contribution in [2.75, 3.05) is 6.61 Å². The second-order valence-electron chi connectivity index (χ2n) is 5.56.